The van der Waals surface area contributed by atoms with Gasteiger partial charge in [0.2, 0.25) is 17.7 Å². The fourth-order valence-electron chi connectivity index (χ4n) is 3.49. The van der Waals surface area contributed by atoms with Gasteiger partial charge in [-0.3, -0.25) is 0 Å². The van der Waals surface area contributed by atoms with Gasteiger partial charge in [0.1, 0.15) is 11.5 Å². The van der Waals surface area contributed by atoms with E-state index >= 15 is 0 Å². The Bertz CT molecular complexity index is 969. The van der Waals surface area contributed by atoms with Gasteiger partial charge < -0.3 is 34.1 Å². The standard InChI is InChI=1S/C25H31N3O6/c1-31-20-9-5-17(6-10-20)14-28(15-18-7-11-21(32-2)12-8-18)25-26-23(33-3)22(13-19(30)16-29)24(27-25)34-4/h5-12,19,29-30H,13-16H2,1-4H3. The van der Waals surface area contributed by atoms with E-state index in [1.807, 2.05) is 53.4 Å². The molecule has 0 spiro atoms. The third-order valence-corrected chi connectivity index (χ3v) is 5.30. The lowest BCUT2D eigenvalue weighted by atomic mass is 10.1. The molecule has 1 aromatic heterocycles. The smallest absolute Gasteiger partial charge is 0.232 e. The Morgan fingerprint density at radius 1 is 0.735 bits per heavy atom. The molecule has 34 heavy (non-hydrogen) atoms. The molecule has 9 nitrogen and oxygen atoms in total. The Morgan fingerprint density at radius 3 is 1.53 bits per heavy atom. The van der Waals surface area contributed by atoms with Crippen LogP contribution in [0.2, 0.25) is 0 Å². The molecule has 0 radical (unpaired) electrons. The molecule has 0 aliphatic heterocycles. The lowest BCUT2D eigenvalue weighted by Gasteiger charge is -2.25. The van der Waals surface area contributed by atoms with Gasteiger partial charge in [0.15, 0.2) is 0 Å². The van der Waals surface area contributed by atoms with E-state index in [4.69, 9.17) is 18.9 Å². The van der Waals surface area contributed by atoms with Gasteiger partial charge >= 0.3 is 0 Å². The van der Waals surface area contributed by atoms with Gasteiger partial charge in [-0.15, -0.1) is 0 Å². The van der Waals surface area contributed by atoms with Crippen molar-refractivity contribution in [3.63, 3.8) is 0 Å². The summed E-state index contributed by atoms with van der Waals surface area (Å²) in [6.45, 7) is 0.636. The van der Waals surface area contributed by atoms with Crippen LogP contribution in [-0.2, 0) is 19.5 Å². The van der Waals surface area contributed by atoms with E-state index in [9.17, 15) is 10.2 Å². The van der Waals surface area contributed by atoms with E-state index in [0.29, 0.717) is 24.6 Å². The van der Waals surface area contributed by atoms with Crippen LogP contribution >= 0.6 is 0 Å². The highest BCUT2D eigenvalue weighted by atomic mass is 16.5. The number of aliphatic hydroxyl groups is 2. The van der Waals surface area contributed by atoms with Crippen LogP contribution in [0.5, 0.6) is 23.3 Å². The van der Waals surface area contributed by atoms with Crippen LogP contribution in [0, 0.1) is 0 Å². The Balaban J connectivity index is 2.00. The van der Waals surface area contributed by atoms with E-state index in [1.54, 1.807) is 14.2 Å². The Labute approximate surface area is 199 Å². The summed E-state index contributed by atoms with van der Waals surface area (Å²) >= 11 is 0. The van der Waals surface area contributed by atoms with E-state index in [0.717, 1.165) is 22.6 Å². The topological polar surface area (TPSA) is 106 Å². The highest BCUT2D eigenvalue weighted by Crippen LogP contribution is 2.30. The second-order valence-corrected chi connectivity index (χ2v) is 7.61. The lowest BCUT2D eigenvalue weighted by Crippen LogP contribution is -2.25. The molecular formula is C25H31N3O6. The second-order valence-electron chi connectivity index (χ2n) is 7.61. The summed E-state index contributed by atoms with van der Waals surface area (Å²) in [5, 5.41) is 19.2. The molecule has 0 fully saturated rings. The van der Waals surface area contributed by atoms with E-state index < -0.39 is 12.7 Å². The van der Waals surface area contributed by atoms with Gasteiger partial charge in [-0.2, -0.15) is 9.97 Å². The zero-order valence-corrected chi connectivity index (χ0v) is 19.9. The van der Waals surface area contributed by atoms with Crippen molar-refractivity contribution >= 4 is 5.95 Å². The van der Waals surface area contributed by atoms with E-state index in [2.05, 4.69) is 9.97 Å². The minimum absolute atomic E-state index is 0.0973. The monoisotopic (exact) mass is 469 g/mol. The van der Waals surface area contributed by atoms with Crippen molar-refractivity contribution in [2.24, 2.45) is 0 Å². The molecule has 0 aliphatic carbocycles. The fraction of sp³-hybridized carbons (Fsp3) is 0.360. The summed E-state index contributed by atoms with van der Waals surface area (Å²) in [7, 11) is 6.26. The van der Waals surface area contributed by atoms with Crippen LogP contribution < -0.4 is 23.8 Å². The predicted molar refractivity (Wildman–Crippen MR) is 128 cm³/mol. The van der Waals surface area contributed by atoms with Crippen LogP contribution in [0.15, 0.2) is 48.5 Å². The van der Waals surface area contributed by atoms with Crippen molar-refractivity contribution in [3.8, 4) is 23.3 Å². The third kappa shape index (κ3) is 6.27. The number of methoxy groups -OCH3 is 4. The molecule has 0 aliphatic rings. The second kappa shape index (κ2) is 12.1. The first kappa shape index (κ1) is 25.1. The highest BCUT2D eigenvalue weighted by Gasteiger charge is 2.22. The van der Waals surface area contributed by atoms with Gasteiger partial charge in [0.25, 0.3) is 0 Å². The average molecular weight is 470 g/mol. The van der Waals surface area contributed by atoms with Crippen LogP contribution in [0.1, 0.15) is 16.7 Å². The van der Waals surface area contributed by atoms with Crippen LogP contribution in [0.25, 0.3) is 0 Å². The molecule has 9 heteroatoms. The number of aromatic nitrogens is 2. The van der Waals surface area contributed by atoms with Crippen LogP contribution in [0.3, 0.4) is 0 Å². The molecule has 2 aromatic carbocycles. The molecule has 0 bridgehead atoms. The van der Waals surface area contributed by atoms with Crippen molar-refractivity contribution in [1.82, 2.24) is 9.97 Å². The molecule has 0 saturated carbocycles. The van der Waals surface area contributed by atoms with Crippen LogP contribution in [0.4, 0.5) is 5.95 Å². The summed E-state index contributed by atoms with van der Waals surface area (Å²) in [6, 6.07) is 15.6. The minimum Gasteiger partial charge on any atom is -0.497 e. The third-order valence-electron chi connectivity index (χ3n) is 5.30. The normalized spacial score (nSPS) is 11.6. The lowest BCUT2D eigenvalue weighted by molar-refractivity contribution is 0.0941. The molecular weight excluding hydrogens is 438 g/mol. The number of anilines is 1. The maximum absolute atomic E-state index is 9.96. The molecule has 3 aromatic rings. The van der Waals surface area contributed by atoms with Gasteiger partial charge in [-0.05, 0) is 35.4 Å². The number of nitrogens with zero attached hydrogens (tertiary/aromatic N) is 3. The van der Waals surface area contributed by atoms with Crippen molar-refractivity contribution in [2.45, 2.75) is 25.6 Å². The van der Waals surface area contributed by atoms with Gasteiger partial charge in [-0.25, -0.2) is 0 Å². The predicted octanol–water partition coefficient (Wildman–Crippen LogP) is 2.61. The summed E-state index contributed by atoms with van der Waals surface area (Å²) in [4.78, 5) is 11.2. The Kier molecular flexibility index (Phi) is 8.89. The maximum Gasteiger partial charge on any atom is 0.232 e. The van der Waals surface area contributed by atoms with Crippen molar-refractivity contribution in [2.75, 3.05) is 39.9 Å². The van der Waals surface area contributed by atoms with E-state index in [1.165, 1.54) is 14.2 Å². The SMILES string of the molecule is COc1ccc(CN(Cc2ccc(OC)cc2)c2nc(OC)c(CC(O)CO)c(OC)n2)cc1. The molecule has 1 unspecified atom stereocenters. The van der Waals surface area contributed by atoms with Gasteiger partial charge in [0.05, 0.1) is 46.7 Å². The van der Waals surface area contributed by atoms with Crippen molar-refractivity contribution < 1.29 is 29.2 Å². The van der Waals surface area contributed by atoms with Gasteiger partial charge in [-0.1, -0.05) is 24.3 Å². The summed E-state index contributed by atoms with van der Waals surface area (Å²) in [5.41, 5.74) is 2.57. The minimum atomic E-state index is -0.980. The first-order chi connectivity index (χ1) is 16.5. The zero-order chi connectivity index (χ0) is 24.5. The zero-order valence-electron chi connectivity index (χ0n) is 19.9. The maximum atomic E-state index is 9.96. The van der Waals surface area contributed by atoms with Crippen LogP contribution in [-0.4, -0.2) is 61.3 Å². The summed E-state index contributed by atoms with van der Waals surface area (Å²) in [5.74, 6) is 2.52. The molecule has 2 N–H and O–H groups in total. The average Bonchev–Trinajstić information content (AvgIpc) is 2.89. The number of aliphatic hydroxyl groups excluding tert-OH is 2. The number of benzene rings is 2. The first-order valence-electron chi connectivity index (χ1n) is 10.8. The molecule has 1 atom stereocenters. The van der Waals surface area contributed by atoms with E-state index in [-0.39, 0.29) is 18.2 Å². The number of ether oxygens (including phenoxy) is 4. The number of rotatable bonds is 12. The highest BCUT2D eigenvalue weighted by molar-refractivity contribution is 5.45. The molecule has 182 valence electrons. The largest absolute Gasteiger partial charge is 0.497 e. The number of hydrogen-bond donors (Lipinski definition) is 2. The number of hydrogen-bond acceptors (Lipinski definition) is 9. The summed E-state index contributed by atoms with van der Waals surface area (Å²) in [6.07, 6.45) is -0.882. The first-order valence-corrected chi connectivity index (χ1v) is 10.8. The Morgan fingerprint density at radius 2 is 1.18 bits per heavy atom. The quantitative estimate of drug-likeness (QED) is 0.414. The summed E-state index contributed by atoms with van der Waals surface area (Å²) < 4.78 is 21.5. The molecule has 0 saturated heterocycles. The molecule has 0 amide bonds. The molecule has 3 rings (SSSR count). The van der Waals surface area contributed by atoms with Crippen molar-refractivity contribution in [3.05, 3.63) is 65.2 Å². The Hall–Kier alpha value is -3.56. The fourth-order valence-corrected chi connectivity index (χ4v) is 3.49. The van der Waals surface area contributed by atoms with Crippen molar-refractivity contribution in [1.29, 1.82) is 0 Å². The van der Waals surface area contributed by atoms with Gasteiger partial charge in [0, 0.05) is 19.5 Å². The molecule has 1 heterocycles.